The zero-order valence-electron chi connectivity index (χ0n) is 10.8. The lowest BCUT2D eigenvalue weighted by Gasteiger charge is -2.07. The van der Waals surface area contributed by atoms with Crippen molar-refractivity contribution in [2.75, 3.05) is 19.0 Å². The topological polar surface area (TPSA) is 76.4 Å². The number of hydrogen-bond acceptors (Lipinski definition) is 4. The molecule has 2 rings (SSSR count). The molecule has 0 amide bonds. The van der Waals surface area contributed by atoms with E-state index in [1.807, 2.05) is 0 Å². The molecule has 0 radical (unpaired) electrons. The molecule has 1 aromatic carbocycles. The van der Waals surface area contributed by atoms with E-state index in [4.69, 9.17) is 21.4 Å². The molecule has 0 saturated heterocycles. The molecule has 0 aliphatic carbocycles. The maximum atomic E-state index is 11.2. The summed E-state index contributed by atoms with van der Waals surface area (Å²) in [4.78, 5) is 11.2. The van der Waals surface area contributed by atoms with Crippen LogP contribution in [-0.2, 0) is 11.3 Å². The minimum Gasteiger partial charge on any atom is -0.478 e. The summed E-state index contributed by atoms with van der Waals surface area (Å²) >= 11 is 5.80. The number of hydrogen-bond donors (Lipinski definition) is 2. The van der Waals surface area contributed by atoms with E-state index < -0.39 is 5.97 Å². The third kappa shape index (κ3) is 3.49. The number of methoxy groups -OCH3 is 1. The Bertz CT molecular complexity index is 613. The minimum atomic E-state index is -1.04. The predicted molar refractivity (Wildman–Crippen MR) is 75.8 cm³/mol. The number of carboxylic acid groups (broad SMARTS) is 1. The Balaban J connectivity index is 2.17. The van der Waals surface area contributed by atoms with Crippen LogP contribution >= 0.6 is 11.6 Å². The number of carbonyl (C=O) groups is 1. The third-order valence-electron chi connectivity index (χ3n) is 2.65. The summed E-state index contributed by atoms with van der Waals surface area (Å²) < 4.78 is 6.67. The maximum absolute atomic E-state index is 11.2. The first kappa shape index (κ1) is 14.4. The van der Waals surface area contributed by atoms with Gasteiger partial charge in [0.15, 0.2) is 0 Å². The van der Waals surface area contributed by atoms with Crippen LogP contribution in [0.25, 0.3) is 0 Å². The average Bonchev–Trinajstić information content (AvgIpc) is 2.86. The highest BCUT2D eigenvalue weighted by Gasteiger charge is 2.11. The molecule has 0 fully saturated rings. The Labute approximate surface area is 120 Å². The Morgan fingerprint density at radius 1 is 1.55 bits per heavy atom. The zero-order chi connectivity index (χ0) is 14.5. The molecule has 2 N–H and O–H groups in total. The van der Waals surface area contributed by atoms with Crippen molar-refractivity contribution in [3.8, 4) is 0 Å². The van der Waals surface area contributed by atoms with Crippen LogP contribution in [0, 0.1) is 0 Å². The van der Waals surface area contributed by atoms with E-state index in [1.165, 1.54) is 6.07 Å². The van der Waals surface area contributed by atoms with Crippen molar-refractivity contribution in [3.05, 3.63) is 41.2 Å². The van der Waals surface area contributed by atoms with Gasteiger partial charge in [-0.2, -0.15) is 5.10 Å². The molecule has 20 heavy (non-hydrogen) atoms. The summed E-state index contributed by atoms with van der Waals surface area (Å²) in [5.41, 5.74) is 1.28. The molecule has 1 heterocycles. The van der Waals surface area contributed by atoms with Crippen molar-refractivity contribution in [1.29, 1.82) is 0 Å². The highest BCUT2D eigenvalue weighted by Crippen LogP contribution is 2.24. The van der Waals surface area contributed by atoms with E-state index in [2.05, 4.69) is 10.4 Å². The molecule has 7 heteroatoms. The van der Waals surface area contributed by atoms with Gasteiger partial charge in [0.1, 0.15) is 0 Å². The molecular weight excluding hydrogens is 282 g/mol. The summed E-state index contributed by atoms with van der Waals surface area (Å²) in [5, 5.41) is 16.7. The Morgan fingerprint density at radius 3 is 3.05 bits per heavy atom. The summed E-state index contributed by atoms with van der Waals surface area (Å²) in [6.07, 6.45) is 3.40. The normalized spacial score (nSPS) is 10.5. The van der Waals surface area contributed by atoms with Crippen molar-refractivity contribution in [3.63, 3.8) is 0 Å². The van der Waals surface area contributed by atoms with Crippen molar-refractivity contribution in [2.24, 2.45) is 0 Å². The van der Waals surface area contributed by atoms with E-state index in [-0.39, 0.29) is 5.56 Å². The predicted octanol–water partition coefficient (Wildman–Crippen LogP) is 2.62. The van der Waals surface area contributed by atoms with Crippen LogP contribution < -0.4 is 5.32 Å². The Hall–Kier alpha value is -2.05. The van der Waals surface area contributed by atoms with Gasteiger partial charge in [-0.3, -0.25) is 4.68 Å². The number of nitrogens with one attached hydrogen (secondary N) is 1. The van der Waals surface area contributed by atoms with Crippen LogP contribution in [0.3, 0.4) is 0 Å². The zero-order valence-corrected chi connectivity index (χ0v) is 11.6. The van der Waals surface area contributed by atoms with Crippen molar-refractivity contribution >= 4 is 28.9 Å². The number of rotatable bonds is 6. The standard InChI is InChI=1S/C13H14ClN3O3/c1-20-5-4-17-8-10(7-15-17)16-12-3-2-9(14)6-11(12)13(18)19/h2-3,6-8,16H,4-5H2,1H3,(H,18,19). The molecule has 1 aromatic heterocycles. The lowest BCUT2D eigenvalue weighted by Crippen LogP contribution is -2.04. The van der Waals surface area contributed by atoms with Crippen LogP contribution in [-0.4, -0.2) is 34.6 Å². The second kappa shape index (κ2) is 6.40. The van der Waals surface area contributed by atoms with Crippen molar-refractivity contribution < 1.29 is 14.6 Å². The molecule has 0 aliphatic heterocycles. The van der Waals surface area contributed by atoms with E-state index in [1.54, 1.807) is 36.3 Å². The first-order valence-electron chi connectivity index (χ1n) is 5.91. The molecule has 0 unspecified atom stereocenters. The summed E-state index contributed by atoms with van der Waals surface area (Å²) in [6.45, 7) is 1.19. The highest BCUT2D eigenvalue weighted by molar-refractivity contribution is 6.31. The molecular formula is C13H14ClN3O3. The van der Waals surface area contributed by atoms with Crippen molar-refractivity contribution in [2.45, 2.75) is 6.54 Å². The van der Waals surface area contributed by atoms with Crippen LogP contribution in [0.5, 0.6) is 0 Å². The fourth-order valence-corrected chi connectivity index (χ4v) is 1.87. The lowest BCUT2D eigenvalue weighted by molar-refractivity contribution is 0.0698. The number of benzene rings is 1. The Kier molecular flexibility index (Phi) is 4.60. The molecule has 106 valence electrons. The highest BCUT2D eigenvalue weighted by atomic mass is 35.5. The quantitative estimate of drug-likeness (QED) is 0.857. The Morgan fingerprint density at radius 2 is 2.35 bits per heavy atom. The molecule has 0 bridgehead atoms. The van der Waals surface area contributed by atoms with Crippen LogP contribution in [0.1, 0.15) is 10.4 Å². The van der Waals surface area contributed by atoms with E-state index in [0.717, 1.165) is 0 Å². The van der Waals surface area contributed by atoms with Crippen LogP contribution in [0.2, 0.25) is 5.02 Å². The monoisotopic (exact) mass is 295 g/mol. The number of nitrogens with zero attached hydrogens (tertiary/aromatic N) is 2. The van der Waals surface area contributed by atoms with E-state index in [0.29, 0.717) is 29.5 Å². The van der Waals surface area contributed by atoms with Gasteiger partial charge in [0.05, 0.1) is 36.3 Å². The van der Waals surface area contributed by atoms with Gasteiger partial charge in [0.25, 0.3) is 0 Å². The number of aromatic nitrogens is 2. The fraction of sp³-hybridized carbons (Fsp3) is 0.231. The molecule has 0 saturated carbocycles. The van der Waals surface area contributed by atoms with Gasteiger partial charge in [-0.1, -0.05) is 11.6 Å². The number of carboxylic acids is 1. The smallest absolute Gasteiger partial charge is 0.337 e. The van der Waals surface area contributed by atoms with E-state index >= 15 is 0 Å². The number of ether oxygens (including phenoxy) is 1. The van der Waals surface area contributed by atoms with E-state index in [9.17, 15) is 4.79 Å². The number of halogens is 1. The van der Waals surface area contributed by atoms with Crippen LogP contribution in [0.4, 0.5) is 11.4 Å². The van der Waals surface area contributed by atoms with Gasteiger partial charge in [0.2, 0.25) is 0 Å². The molecule has 0 aliphatic rings. The molecule has 0 atom stereocenters. The van der Waals surface area contributed by atoms with Crippen molar-refractivity contribution in [1.82, 2.24) is 9.78 Å². The second-order valence-electron chi connectivity index (χ2n) is 4.10. The largest absolute Gasteiger partial charge is 0.478 e. The van der Waals surface area contributed by atoms with Crippen LogP contribution in [0.15, 0.2) is 30.6 Å². The van der Waals surface area contributed by atoms with Gasteiger partial charge in [-0.05, 0) is 18.2 Å². The molecule has 2 aromatic rings. The number of anilines is 2. The fourth-order valence-electron chi connectivity index (χ4n) is 1.69. The molecule has 0 spiro atoms. The van der Waals surface area contributed by atoms with Gasteiger partial charge in [-0.25, -0.2) is 4.79 Å². The lowest BCUT2D eigenvalue weighted by atomic mass is 10.2. The van der Waals surface area contributed by atoms with Gasteiger partial charge in [0, 0.05) is 18.3 Å². The minimum absolute atomic E-state index is 0.113. The maximum Gasteiger partial charge on any atom is 0.337 e. The summed E-state index contributed by atoms with van der Waals surface area (Å²) in [5.74, 6) is -1.04. The van der Waals surface area contributed by atoms with Gasteiger partial charge < -0.3 is 15.2 Å². The number of aromatic carboxylic acids is 1. The van der Waals surface area contributed by atoms with Gasteiger partial charge >= 0.3 is 5.97 Å². The second-order valence-corrected chi connectivity index (χ2v) is 4.54. The summed E-state index contributed by atoms with van der Waals surface area (Å²) in [7, 11) is 1.62. The first-order valence-corrected chi connectivity index (χ1v) is 6.29. The molecule has 6 nitrogen and oxygen atoms in total. The third-order valence-corrected chi connectivity index (χ3v) is 2.88. The average molecular weight is 296 g/mol. The van der Waals surface area contributed by atoms with Gasteiger partial charge in [-0.15, -0.1) is 0 Å². The SMILES string of the molecule is COCCn1cc(Nc2ccc(Cl)cc2C(=O)O)cn1. The first-order chi connectivity index (χ1) is 9.60. The summed E-state index contributed by atoms with van der Waals surface area (Å²) in [6, 6.07) is 4.66.